The summed E-state index contributed by atoms with van der Waals surface area (Å²) in [7, 11) is 0. The Morgan fingerprint density at radius 2 is 2.06 bits per heavy atom. The smallest absolute Gasteiger partial charge is 0.0619 e. The molecular formula is C13H25NOS. The van der Waals surface area contributed by atoms with Gasteiger partial charge in [-0.1, -0.05) is 13.3 Å². The third kappa shape index (κ3) is 3.94. The maximum atomic E-state index is 5.53. The third-order valence-electron chi connectivity index (χ3n) is 3.66. The molecule has 16 heavy (non-hydrogen) atoms. The van der Waals surface area contributed by atoms with Crippen molar-refractivity contribution < 1.29 is 4.74 Å². The van der Waals surface area contributed by atoms with E-state index in [2.05, 4.69) is 24.0 Å². The molecule has 2 nitrogen and oxygen atoms in total. The highest BCUT2D eigenvalue weighted by Crippen LogP contribution is 2.28. The summed E-state index contributed by atoms with van der Waals surface area (Å²) in [6.07, 6.45) is 8.12. The molecule has 0 aromatic heterocycles. The molecule has 1 saturated carbocycles. The van der Waals surface area contributed by atoms with E-state index < -0.39 is 0 Å². The van der Waals surface area contributed by atoms with Gasteiger partial charge in [0, 0.05) is 23.9 Å². The second-order valence-electron chi connectivity index (χ2n) is 5.02. The molecule has 0 aromatic carbocycles. The largest absolute Gasteiger partial charge is 0.380 e. The van der Waals surface area contributed by atoms with Crippen LogP contribution in [-0.4, -0.2) is 36.3 Å². The minimum Gasteiger partial charge on any atom is -0.380 e. The summed E-state index contributed by atoms with van der Waals surface area (Å²) in [6.45, 7) is 4.18. The van der Waals surface area contributed by atoms with Crippen LogP contribution in [0.15, 0.2) is 0 Å². The van der Waals surface area contributed by atoms with Crippen molar-refractivity contribution in [2.75, 3.05) is 19.0 Å². The van der Waals surface area contributed by atoms with E-state index in [0.717, 1.165) is 24.5 Å². The van der Waals surface area contributed by atoms with Crippen LogP contribution in [0.25, 0.3) is 0 Å². The van der Waals surface area contributed by atoms with Crippen LogP contribution in [0.4, 0.5) is 0 Å². The number of rotatable bonds is 4. The summed E-state index contributed by atoms with van der Waals surface area (Å²) in [5.41, 5.74) is 0. The van der Waals surface area contributed by atoms with Gasteiger partial charge in [0.2, 0.25) is 0 Å². The van der Waals surface area contributed by atoms with Crippen molar-refractivity contribution in [2.24, 2.45) is 0 Å². The molecule has 0 radical (unpaired) electrons. The number of thioether (sulfide) groups is 1. The zero-order valence-electron chi connectivity index (χ0n) is 10.4. The fraction of sp³-hybridized carbons (Fsp3) is 1.00. The number of hydrogen-bond acceptors (Lipinski definition) is 3. The Bertz CT molecular complexity index is 192. The van der Waals surface area contributed by atoms with E-state index in [1.807, 2.05) is 0 Å². The Morgan fingerprint density at radius 3 is 2.81 bits per heavy atom. The van der Waals surface area contributed by atoms with E-state index in [9.17, 15) is 0 Å². The van der Waals surface area contributed by atoms with Crippen molar-refractivity contribution in [3.63, 3.8) is 0 Å². The molecule has 0 bridgehead atoms. The van der Waals surface area contributed by atoms with Gasteiger partial charge in [0.05, 0.1) is 6.61 Å². The van der Waals surface area contributed by atoms with Gasteiger partial charge in [-0.05, 0) is 37.9 Å². The summed E-state index contributed by atoms with van der Waals surface area (Å²) >= 11 is 2.15. The summed E-state index contributed by atoms with van der Waals surface area (Å²) in [5, 5.41) is 4.71. The van der Waals surface area contributed by atoms with Crippen LogP contribution < -0.4 is 5.32 Å². The Labute approximate surface area is 104 Å². The Balaban J connectivity index is 1.71. The molecule has 1 aliphatic carbocycles. The van der Waals surface area contributed by atoms with Gasteiger partial charge in [-0.3, -0.25) is 0 Å². The van der Waals surface area contributed by atoms with Crippen LogP contribution in [0, 0.1) is 0 Å². The number of nitrogens with one attached hydrogen (secondary N) is 1. The first-order chi connectivity index (χ1) is 7.88. The lowest BCUT2D eigenvalue weighted by Gasteiger charge is -2.33. The van der Waals surface area contributed by atoms with Crippen molar-refractivity contribution in [1.82, 2.24) is 5.32 Å². The van der Waals surface area contributed by atoms with Crippen molar-refractivity contribution in [1.29, 1.82) is 0 Å². The maximum Gasteiger partial charge on any atom is 0.0619 e. The number of hydrogen-bond donors (Lipinski definition) is 1. The predicted octanol–water partition coefficient (Wildman–Crippen LogP) is 2.82. The van der Waals surface area contributed by atoms with E-state index >= 15 is 0 Å². The first-order valence-corrected chi connectivity index (χ1v) is 7.88. The highest BCUT2D eigenvalue weighted by Gasteiger charge is 2.24. The molecule has 94 valence electrons. The van der Waals surface area contributed by atoms with Gasteiger partial charge in [-0.2, -0.15) is 11.8 Å². The fourth-order valence-corrected chi connectivity index (χ4v) is 4.06. The van der Waals surface area contributed by atoms with Gasteiger partial charge in [-0.25, -0.2) is 0 Å². The van der Waals surface area contributed by atoms with E-state index in [1.165, 1.54) is 44.3 Å². The monoisotopic (exact) mass is 243 g/mol. The zero-order valence-corrected chi connectivity index (χ0v) is 11.2. The first-order valence-electron chi connectivity index (χ1n) is 6.84. The van der Waals surface area contributed by atoms with Crippen LogP contribution in [0.3, 0.4) is 0 Å². The SMILES string of the molecule is CCSC1CCCC(NC2CCCOC2)C1. The van der Waals surface area contributed by atoms with Crippen LogP contribution in [-0.2, 0) is 4.74 Å². The van der Waals surface area contributed by atoms with E-state index in [1.54, 1.807) is 0 Å². The van der Waals surface area contributed by atoms with Gasteiger partial charge >= 0.3 is 0 Å². The molecule has 2 fully saturated rings. The number of ether oxygens (including phenoxy) is 1. The molecule has 3 atom stereocenters. The molecule has 1 N–H and O–H groups in total. The highest BCUT2D eigenvalue weighted by atomic mass is 32.2. The van der Waals surface area contributed by atoms with Crippen LogP contribution in [0.5, 0.6) is 0 Å². The van der Waals surface area contributed by atoms with Gasteiger partial charge in [0.1, 0.15) is 0 Å². The van der Waals surface area contributed by atoms with E-state index in [0.29, 0.717) is 6.04 Å². The molecule has 3 heteroatoms. The minimum atomic E-state index is 0.629. The lowest BCUT2D eigenvalue weighted by molar-refractivity contribution is 0.0644. The van der Waals surface area contributed by atoms with Crippen molar-refractivity contribution in [3.8, 4) is 0 Å². The van der Waals surface area contributed by atoms with Gasteiger partial charge in [-0.15, -0.1) is 0 Å². The van der Waals surface area contributed by atoms with Crippen LogP contribution in [0.1, 0.15) is 45.4 Å². The molecule has 0 amide bonds. The lowest BCUT2D eigenvalue weighted by atomic mass is 9.94. The average Bonchev–Trinajstić information content (AvgIpc) is 2.31. The first kappa shape index (κ1) is 12.7. The maximum absolute atomic E-state index is 5.53. The molecule has 2 rings (SSSR count). The van der Waals surface area contributed by atoms with Crippen LogP contribution >= 0.6 is 11.8 Å². The average molecular weight is 243 g/mol. The zero-order chi connectivity index (χ0) is 11.2. The molecule has 0 aromatic rings. The minimum absolute atomic E-state index is 0.629. The van der Waals surface area contributed by atoms with Crippen molar-refractivity contribution >= 4 is 11.8 Å². The Hall–Kier alpha value is 0.270. The summed E-state index contributed by atoms with van der Waals surface area (Å²) in [4.78, 5) is 0. The van der Waals surface area contributed by atoms with Gasteiger partial charge < -0.3 is 10.1 Å². The predicted molar refractivity (Wildman–Crippen MR) is 71.2 cm³/mol. The molecule has 0 spiro atoms. The fourth-order valence-electron chi connectivity index (χ4n) is 2.89. The second-order valence-corrected chi connectivity index (χ2v) is 6.60. The highest BCUT2D eigenvalue weighted by molar-refractivity contribution is 7.99. The molecule has 3 unspecified atom stereocenters. The molecule has 1 saturated heterocycles. The van der Waals surface area contributed by atoms with Crippen LogP contribution in [0.2, 0.25) is 0 Å². The normalized spacial score (nSPS) is 36.2. The van der Waals surface area contributed by atoms with Gasteiger partial charge in [0.15, 0.2) is 0 Å². The lowest BCUT2D eigenvalue weighted by Crippen LogP contribution is -2.45. The third-order valence-corrected chi connectivity index (χ3v) is 4.89. The topological polar surface area (TPSA) is 21.3 Å². The van der Waals surface area contributed by atoms with Crippen molar-refractivity contribution in [3.05, 3.63) is 0 Å². The molecule has 2 aliphatic rings. The van der Waals surface area contributed by atoms with Gasteiger partial charge in [0.25, 0.3) is 0 Å². The Kier molecular flexibility index (Phi) is 5.46. The summed E-state index contributed by atoms with van der Waals surface area (Å²) in [5.74, 6) is 1.27. The van der Waals surface area contributed by atoms with E-state index in [4.69, 9.17) is 4.74 Å². The summed E-state index contributed by atoms with van der Waals surface area (Å²) < 4.78 is 5.53. The molecule has 1 aliphatic heterocycles. The standard InChI is InChI=1S/C13H25NOS/c1-2-16-13-7-3-5-11(9-13)14-12-6-4-8-15-10-12/h11-14H,2-10H2,1H3. The quantitative estimate of drug-likeness (QED) is 0.820. The van der Waals surface area contributed by atoms with E-state index in [-0.39, 0.29) is 0 Å². The second kappa shape index (κ2) is 6.87. The van der Waals surface area contributed by atoms with Crippen molar-refractivity contribution in [2.45, 2.75) is 62.8 Å². The Morgan fingerprint density at radius 1 is 1.19 bits per heavy atom. The molecular weight excluding hydrogens is 218 g/mol. The summed E-state index contributed by atoms with van der Waals surface area (Å²) in [6, 6.07) is 1.38. The molecule has 1 heterocycles.